The van der Waals surface area contributed by atoms with Crippen molar-refractivity contribution in [2.45, 2.75) is 27.7 Å². The Morgan fingerprint density at radius 1 is 1.29 bits per heavy atom. The Bertz CT molecular complexity index is 261. The van der Waals surface area contributed by atoms with Gasteiger partial charge in [0.05, 0.1) is 13.7 Å². The molecule has 0 aliphatic rings. The predicted molar refractivity (Wildman–Crippen MR) is 58.0 cm³/mol. The summed E-state index contributed by atoms with van der Waals surface area (Å²) >= 11 is 0. The van der Waals surface area contributed by atoms with Crippen LogP contribution < -0.4 is 9.47 Å². The van der Waals surface area contributed by atoms with Gasteiger partial charge in [-0.05, 0) is 26.0 Å². The quantitative estimate of drug-likeness (QED) is 0.746. The fourth-order valence-electron chi connectivity index (χ4n) is 0.932. The molecular weight excluding hydrogens is 178 g/mol. The van der Waals surface area contributed by atoms with Crippen LogP contribution in [0, 0.1) is 6.92 Å². The minimum absolute atomic E-state index is 0.553. The number of pyridine rings is 1. The van der Waals surface area contributed by atoms with Gasteiger partial charge >= 0.3 is 0 Å². The summed E-state index contributed by atoms with van der Waals surface area (Å²) in [6.45, 7) is 8.47. The lowest BCUT2D eigenvalue weighted by atomic mass is 10.3. The number of rotatable bonds is 3. The summed E-state index contributed by atoms with van der Waals surface area (Å²) in [5, 5.41) is 0. The van der Waals surface area contributed by atoms with Crippen LogP contribution in [0.2, 0.25) is 0 Å². The fraction of sp³-hybridized carbons (Fsp3) is 0.545. The molecule has 0 atom stereocenters. The van der Waals surface area contributed by atoms with Crippen molar-refractivity contribution in [3.63, 3.8) is 0 Å². The minimum Gasteiger partial charge on any atom is -0.488 e. The predicted octanol–water partition coefficient (Wildman–Crippen LogP) is 2.82. The molecule has 3 nitrogen and oxygen atoms in total. The zero-order chi connectivity index (χ0) is 11.0. The molecule has 0 saturated heterocycles. The zero-order valence-corrected chi connectivity index (χ0v) is 9.63. The van der Waals surface area contributed by atoms with E-state index in [1.54, 1.807) is 7.11 Å². The summed E-state index contributed by atoms with van der Waals surface area (Å²) < 4.78 is 10.3. The van der Waals surface area contributed by atoms with Crippen molar-refractivity contribution in [3.05, 3.63) is 17.8 Å². The van der Waals surface area contributed by atoms with E-state index in [9.17, 15) is 0 Å². The van der Waals surface area contributed by atoms with Gasteiger partial charge in [0.1, 0.15) is 0 Å². The van der Waals surface area contributed by atoms with Crippen LogP contribution in [-0.4, -0.2) is 18.7 Å². The van der Waals surface area contributed by atoms with Crippen molar-refractivity contribution < 1.29 is 9.47 Å². The summed E-state index contributed by atoms with van der Waals surface area (Å²) in [6, 6.07) is 3.76. The molecule has 0 radical (unpaired) electrons. The third kappa shape index (κ3) is 3.64. The molecular formula is C11H19NO2. The summed E-state index contributed by atoms with van der Waals surface area (Å²) in [5.74, 6) is 1.25. The SMILES string of the molecule is CC.CCOc1ccc(C)nc1OC. The lowest BCUT2D eigenvalue weighted by molar-refractivity contribution is 0.303. The van der Waals surface area contributed by atoms with Gasteiger partial charge in [-0.1, -0.05) is 13.8 Å². The highest BCUT2D eigenvalue weighted by atomic mass is 16.5. The first-order chi connectivity index (χ1) is 6.77. The van der Waals surface area contributed by atoms with E-state index in [4.69, 9.17) is 9.47 Å². The molecule has 1 rings (SSSR count). The van der Waals surface area contributed by atoms with Crippen LogP contribution >= 0.6 is 0 Å². The highest BCUT2D eigenvalue weighted by Crippen LogP contribution is 2.23. The van der Waals surface area contributed by atoms with Crippen LogP contribution in [0.25, 0.3) is 0 Å². The fourth-order valence-corrected chi connectivity index (χ4v) is 0.932. The van der Waals surface area contributed by atoms with Gasteiger partial charge in [-0.3, -0.25) is 0 Å². The molecule has 1 heterocycles. The first kappa shape index (κ1) is 12.8. The van der Waals surface area contributed by atoms with Crippen LogP contribution in [0.1, 0.15) is 26.5 Å². The van der Waals surface area contributed by atoms with E-state index in [1.807, 2.05) is 39.8 Å². The van der Waals surface area contributed by atoms with Crippen molar-refractivity contribution in [1.29, 1.82) is 0 Å². The molecule has 0 aromatic carbocycles. The lowest BCUT2D eigenvalue weighted by Gasteiger charge is -2.07. The molecule has 1 aromatic heterocycles. The third-order valence-electron chi connectivity index (χ3n) is 1.46. The van der Waals surface area contributed by atoms with E-state index in [-0.39, 0.29) is 0 Å². The van der Waals surface area contributed by atoms with E-state index >= 15 is 0 Å². The molecule has 0 unspecified atom stereocenters. The Kier molecular flexibility index (Phi) is 6.54. The molecule has 80 valence electrons. The topological polar surface area (TPSA) is 31.4 Å². The average Bonchev–Trinajstić information content (AvgIpc) is 2.24. The molecule has 0 aliphatic carbocycles. The highest BCUT2D eigenvalue weighted by molar-refractivity contribution is 5.34. The molecule has 0 fully saturated rings. The van der Waals surface area contributed by atoms with Gasteiger partial charge in [-0.15, -0.1) is 0 Å². The molecule has 14 heavy (non-hydrogen) atoms. The van der Waals surface area contributed by atoms with Crippen molar-refractivity contribution in [2.75, 3.05) is 13.7 Å². The first-order valence-electron chi connectivity index (χ1n) is 4.92. The summed E-state index contributed by atoms with van der Waals surface area (Å²) in [5.41, 5.74) is 0.926. The largest absolute Gasteiger partial charge is 0.488 e. The molecule has 3 heteroatoms. The Balaban J connectivity index is 0.000000791. The molecule has 0 saturated carbocycles. The van der Waals surface area contributed by atoms with Crippen LogP contribution in [0.3, 0.4) is 0 Å². The normalized spacial score (nSPS) is 8.64. The molecule has 0 N–H and O–H groups in total. The molecule has 0 amide bonds. The second-order valence-corrected chi connectivity index (χ2v) is 2.39. The van der Waals surface area contributed by atoms with Gasteiger partial charge in [-0.2, -0.15) is 0 Å². The monoisotopic (exact) mass is 197 g/mol. The highest BCUT2D eigenvalue weighted by Gasteiger charge is 2.03. The first-order valence-corrected chi connectivity index (χ1v) is 4.92. The third-order valence-corrected chi connectivity index (χ3v) is 1.46. The van der Waals surface area contributed by atoms with Crippen LogP contribution in [0.4, 0.5) is 0 Å². The van der Waals surface area contributed by atoms with E-state index in [2.05, 4.69) is 4.98 Å². The minimum atomic E-state index is 0.553. The van der Waals surface area contributed by atoms with Gasteiger partial charge in [0.15, 0.2) is 5.75 Å². The van der Waals surface area contributed by atoms with E-state index in [1.165, 1.54) is 0 Å². The van der Waals surface area contributed by atoms with Gasteiger partial charge in [0, 0.05) is 5.69 Å². The van der Waals surface area contributed by atoms with Gasteiger partial charge in [-0.25, -0.2) is 4.98 Å². The number of aryl methyl sites for hydroxylation is 1. The average molecular weight is 197 g/mol. The molecule has 0 spiro atoms. The van der Waals surface area contributed by atoms with E-state index in [0.29, 0.717) is 18.2 Å². The standard InChI is InChI=1S/C9H13NO2.C2H6/c1-4-12-8-6-5-7(2)10-9(8)11-3;1-2/h5-6H,4H2,1-3H3;1-2H3. The number of ether oxygens (including phenoxy) is 2. The smallest absolute Gasteiger partial charge is 0.256 e. The van der Waals surface area contributed by atoms with Crippen LogP contribution in [0.15, 0.2) is 12.1 Å². The number of nitrogens with zero attached hydrogens (tertiary/aromatic N) is 1. The Labute approximate surface area is 86.1 Å². The summed E-state index contributed by atoms with van der Waals surface area (Å²) in [4.78, 5) is 4.16. The lowest BCUT2D eigenvalue weighted by Crippen LogP contribution is -1.97. The number of aromatic nitrogens is 1. The van der Waals surface area contributed by atoms with Crippen LogP contribution in [-0.2, 0) is 0 Å². The second-order valence-electron chi connectivity index (χ2n) is 2.39. The maximum Gasteiger partial charge on any atom is 0.256 e. The van der Waals surface area contributed by atoms with Crippen molar-refractivity contribution >= 4 is 0 Å². The van der Waals surface area contributed by atoms with Crippen LogP contribution in [0.5, 0.6) is 11.6 Å². The maximum absolute atomic E-state index is 5.30. The Morgan fingerprint density at radius 3 is 2.43 bits per heavy atom. The zero-order valence-electron chi connectivity index (χ0n) is 9.63. The maximum atomic E-state index is 5.30. The van der Waals surface area contributed by atoms with E-state index in [0.717, 1.165) is 5.69 Å². The Hall–Kier alpha value is -1.25. The molecule has 0 aliphatic heterocycles. The number of hydrogen-bond donors (Lipinski definition) is 0. The summed E-state index contributed by atoms with van der Waals surface area (Å²) in [7, 11) is 1.59. The van der Waals surface area contributed by atoms with Crippen molar-refractivity contribution in [1.82, 2.24) is 4.98 Å². The summed E-state index contributed by atoms with van der Waals surface area (Å²) in [6.07, 6.45) is 0. The van der Waals surface area contributed by atoms with Gasteiger partial charge in [0.2, 0.25) is 0 Å². The number of hydrogen-bond acceptors (Lipinski definition) is 3. The van der Waals surface area contributed by atoms with Crippen molar-refractivity contribution in [3.8, 4) is 11.6 Å². The van der Waals surface area contributed by atoms with E-state index < -0.39 is 0 Å². The second kappa shape index (κ2) is 7.18. The Morgan fingerprint density at radius 2 is 1.93 bits per heavy atom. The van der Waals surface area contributed by atoms with Gasteiger partial charge in [0.25, 0.3) is 5.88 Å². The van der Waals surface area contributed by atoms with Gasteiger partial charge < -0.3 is 9.47 Å². The molecule has 0 bridgehead atoms. The molecule has 1 aromatic rings. The van der Waals surface area contributed by atoms with Crippen molar-refractivity contribution in [2.24, 2.45) is 0 Å². The number of methoxy groups -OCH3 is 1.